The monoisotopic (exact) mass is 426 g/mol. The summed E-state index contributed by atoms with van der Waals surface area (Å²) in [6.07, 6.45) is 10.1. The highest BCUT2D eigenvalue weighted by Gasteiger charge is 2.26. The Hall–Kier alpha value is -1.74. The molecule has 168 valence electrons. The molecular weight excluding hydrogens is 390 g/mol. The van der Waals surface area contributed by atoms with E-state index in [2.05, 4.69) is 13.8 Å². The van der Waals surface area contributed by atoms with Gasteiger partial charge in [0.1, 0.15) is 0 Å². The Bertz CT molecular complexity index is 844. The lowest BCUT2D eigenvalue weighted by molar-refractivity contribution is -0.0194. The fourth-order valence-electron chi connectivity index (χ4n) is 5.57. The largest absolute Gasteiger partial charge is 0.373 e. The molecule has 4 rings (SSSR count). The zero-order valence-corrected chi connectivity index (χ0v) is 19.0. The molecule has 2 atom stereocenters. The Morgan fingerprint density at radius 3 is 2.13 bits per heavy atom. The van der Waals surface area contributed by atoms with Gasteiger partial charge < -0.3 is 4.74 Å². The van der Waals surface area contributed by atoms with Crippen LogP contribution in [0.3, 0.4) is 0 Å². The second kappa shape index (κ2) is 10.3. The first kappa shape index (κ1) is 22.5. The molecule has 1 heterocycles. The van der Waals surface area contributed by atoms with E-state index in [9.17, 15) is 4.39 Å². The smallest absolute Gasteiger partial charge is 0.166 e. The predicted molar refractivity (Wildman–Crippen MR) is 123 cm³/mol. The van der Waals surface area contributed by atoms with Crippen LogP contribution in [0, 0.1) is 23.5 Å². The van der Waals surface area contributed by atoms with Crippen LogP contribution in [0.4, 0.5) is 8.78 Å². The van der Waals surface area contributed by atoms with Gasteiger partial charge in [0.2, 0.25) is 0 Å². The Morgan fingerprint density at radius 1 is 0.806 bits per heavy atom. The van der Waals surface area contributed by atoms with Gasteiger partial charge in [-0.05, 0) is 79.4 Å². The molecule has 1 aliphatic heterocycles. The summed E-state index contributed by atoms with van der Waals surface area (Å²) < 4.78 is 36.1. The van der Waals surface area contributed by atoms with Crippen molar-refractivity contribution >= 4 is 0 Å². The van der Waals surface area contributed by atoms with Crippen molar-refractivity contribution < 1.29 is 13.5 Å². The molecule has 2 unspecified atom stereocenters. The van der Waals surface area contributed by atoms with E-state index in [1.807, 2.05) is 30.3 Å². The molecule has 0 radical (unpaired) electrons. The Morgan fingerprint density at radius 2 is 1.52 bits per heavy atom. The molecule has 1 saturated heterocycles. The zero-order valence-electron chi connectivity index (χ0n) is 19.0. The lowest BCUT2D eigenvalue weighted by Gasteiger charge is -2.29. The van der Waals surface area contributed by atoms with Crippen LogP contribution in [-0.2, 0) is 4.74 Å². The van der Waals surface area contributed by atoms with Gasteiger partial charge in [-0.3, -0.25) is 0 Å². The van der Waals surface area contributed by atoms with Crippen LogP contribution >= 0.6 is 0 Å². The van der Waals surface area contributed by atoms with Crippen molar-refractivity contribution in [1.29, 1.82) is 0 Å². The second-order valence-electron chi connectivity index (χ2n) is 9.63. The van der Waals surface area contributed by atoms with E-state index in [1.165, 1.54) is 25.7 Å². The summed E-state index contributed by atoms with van der Waals surface area (Å²) in [5.74, 6) is 0.202. The van der Waals surface area contributed by atoms with Gasteiger partial charge in [-0.15, -0.1) is 0 Å². The number of rotatable bonds is 6. The van der Waals surface area contributed by atoms with E-state index in [-0.39, 0.29) is 12.0 Å². The van der Waals surface area contributed by atoms with Crippen LogP contribution in [0.2, 0.25) is 0 Å². The molecule has 1 nitrogen and oxygen atoms in total. The summed E-state index contributed by atoms with van der Waals surface area (Å²) in [5.41, 5.74) is 2.76. The minimum atomic E-state index is -0.709. The maximum atomic E-state index is 15.0. The molecule has 0 aromatic heterocycles. The number of hydrogen-bond acceptors (Lipinski definition) is 1. The van der Waals surface area contributed by atoms with Crippen molar-refractivity contribution in [2.45, 2.75) is 83.7 Å². The molecule has 0 N–H and O–H groups in total. The lowest BCUT2D eigenvalue weighted by atomic mass is 9.77. The summed E-state index contributed by atoms with van der Waals surface area (Å²) in [6.45, 7) is 5.26. The summed E-state index contributed by atoms with van der Waals surface area (Å²) >= 11 is 0. The van der Waals surface area contributed by atoms with E-state index in [4.69, 9.17) is 4.74 Å². The van der Waals surface area contributed by atoms with Crippen molar-refractivity contribution in [1.82, 2.24) is 0 Å². The molecule has 2 aromatic rings. The molecule has 2 aromatic carbocycles. The molecule has 0 amide bonds. The second-order valence-corrected chi connectivity index (χ2v) is 9.63. The first-order valence-electron chi connectivity index (χ1n) is 12.3. The average Bonchev–Trinajstić information content (AvgIpc) is 2.82. The summed E-state index contributed by atoms with van der Waals surface area (Å²) in [6, 6.07) is 11.4. The fraction of sp³-hybridized carbons (Fsp3) is 0.571. The third-order valence-corrected chi connectivity index (χ3v) is 7.64. The lowest BCUT2D eigenvalue weighted by Crippen LogP contribution is -2.20. The third-order valence-electron chi connectivity index (χ3n) is 7.64. The number of halogens is 2. The van der Waals surface area contributed by atoms with Crippen molar-refractivity contribution in [2.75, 3.05) is 6.61 Å². The average molecular weight is 427 g/mol. The molecule has 3 heteroatoms. The van der Waals surface area contributed by atoms with E-state index in [0.717, 1.165) is 55.8 Å². The van der Waals surface area contributed by atoms with Gasteiger partial charge in [-0.25, -0.2) is 8.78 Å². The van der Waals surface area contributed by atoms with Crippen molar-refractivity contribution in [2.24, 2.45) is 11.8 Å². The standard InChI is InChI=1S/C28H36F2O/c1-3-5-20-8-17-26(31-18-20)23-13-11-22(12-14-23)25-16-15-24(27(29)28(25)30)21-9-6-19(4-2)7-10-21/h11-16,19-21,26H,3-10,17-18H2,1-2H3. The first-order chi connectivity index (χ1) is 15.1. The summed E-state index contributed by atoms with van der Waals surface area (Å²) in [5, 5.41) is 0. The van der Waals surface area contributed by atoms with Gasteiger partial charge >= 0.3 is 0 Å². The zero-order chi connectivity index (χ0) is 21.8. The van der Waals surface area contributed by atoms with Crippen LogP contribution in [0.15, 0.2) is 36.4 Å². The number of hydrogen-bond donors (Lipinski definition) is 0. The van der Waals surface area contributed by atoms with Crippen LogP contribution < -0.4 is 0 Å². The van der Waals surface area contributed by atoms with Crippen molar-refractivity contribution in [3.63, 3.8) is 0 Å². The summed E-state index contributed by atoms with van der Waals surface area (Å²) in [7, 11) is 0. The van der Waals surface area contributed by atoms with Crippen LogP contribution in [0.25, 0.3) is 11.1 Å². The molecule has 2 fully saturated rings. The van der Waals surface area contributed by atoms with E-state index < -0.39 is 11.6 Å². The van der Waals surface area contributed by atoms with Gasteiger partial charge in [0, 0.05) is 5.56 Å². The van der Waals surface area contributed by atoms with Crippen LogP contribution in [0.5, 0.6) is 0 Å². The van der Waals surface area contributed by atoms with Gasteiger partial charge in [0.25, 0.3) is 0 Å². The van der Waals surface area contributed by atoms with Crippen molar-refractivity contribution in [3.05, 3.63) is 59.2 Å². The van der Waals surface area contributed by atoms with Crippen LogP contribution in [-0.4, -0.2) is 6.61 Å². The normalized spacial score (nSPS) is 26.7. The third kappa shape index (κ3) is 5.03. The molecule has 2 aliphatic rings. The molecule has 1 aliphatic carbocycles. The minimum absolute atomic E-state index is 0.115. The highest BCUT2D eigenvalue weighted by molar-refractivity contribution is 5.65. The molecule has 0 bridgehead atoms. The molecule has 31 heavy (non-hydrogen) atoms. The maximum Gasteiger partial charge on any atom is 0.166 e. The topological polar surface area (TPSA) is 9.23 Å². The highest BCUT2D eigenvalue weighted by atomic mass is 19.2. The van der Waals surface area contributed by atoms with Gasteiger partial charge in [-0.2, -0.15) is 0 Å². The SMILES string of the molecule is CCCC1CCC(c2ccc(-c3ccc(C4CCC(CC)CC4)c(F)c3F)cc2)OC1. The molecule has 0 spiro atoms. The quantitative estimate of drug-likeness (QED) is 0.449. The Kier molecular flexibility index (Phi) is 7.43. The predicted octanol–water partition coefficient (Wildman–Crippen LogP) is 8.58. The Balaban J connectivity index is 1.45. The van der Waals surface area contributed by atoms with E-state index in [1.54, 1.807) is 6.07 Å². The minimum Gasteiger partial charge on any atom is -0.373 e. The molecular formula is C28H36F2O. The number of benzene rings is 2. The van der Waals surface area contributed by atoms with E-state index >= 15 is 4.39 Å². The van der Waals surface area contributed by atoms with Gasteiger partial charge in [0.05, 0.1) is 12.7 Å². The number of ether oxygens (including phenoxy) is 1. The van der Waals surface area contributed by atoms with Crippen molar-refractivity contribution in [3.8, 4) is 11.1 Å². The van der Waals surface area contributed by atoms with Gasteiger partial charge in [0.15, 0.2) is 11.6 Å². The highest BCUT2D eigenvalue weighted by Crippen LogP contribution is 2.40. The fourth-order valence-corrected chi connectivity index (χ4v) is 5.57. The van der Waals surface area contributed by atoms with Crippen LogP contribution in [0.1, 0.15) is 94.8 Å². The van der Waals surface area contributed by atoms with E-state index in [0.29, 0.717) is 17.0 Å². The maximum absolute atomic E-state index is 15.0. The molecule has 1 saturated carbocycles. The first-order valence-corrected chi connectivity index (χ1v) is 12.3. The Labute approximate surface area is 186 Å². The van der Waals surface area contributed by atoms with Gasteiger partial charge in [-0.1, -0.05) is 63.1 Å². The summed E-state index contributed by atoms with van der Waals surface area (Å²) in [4.78, 5) is 0.